The zero-order chi connectivity index (χ0) is 19.3. The van der Waals surface area contributed by atoms with Crippen molar-refractivity contribution in [2.24, 2.45) is 0 Å². The molecule has 0 aliphatic rings. The van der Waals surface area contributed by atoms with Gasteiger partial charge in [0.15, 0.2) is 0 Å². The molecule has 26 heavy (non-hydrogen) atoms. The summed E-state index contributed by atoms with van der Waals surface area (Å²) in [5.74, 6) is -0.612. The molecule has 0 radical (unpaired) electrons. The summed E-state index contributed by atoms with van der Waals surface area (Å²) in [6.07, 6.45) is -1.73. The van der Waals surface area contributed by atoms with Crippen LogP contribution in [0.15, 0.2) is 42.5 Å². The molecule has 2 aromatic rings. The summed E-state index contributed by atoms with van der Waals surface area (Å²) < 4.78 is 0. The quantitative estimate of drug-likeness (QED) is 0.603. The highest BCUT2D eigenvalue weighted by atomic mass is 35.5. The molecule has 0 aliphatic heterocycles. The van der Waals surface area contributed by atoms with Crippen LogP contribution in [0.3, 0.4) is 0 Å². The van der Waals surface area contributed by atoms with Crippen LogP contribution in [0.5, 0.6) is 0 Å². The first-order valence-corrected chi connectivity index (χ1v) is 9.36. The van der Waals surface area contributed by atoms with Crippen LogP contribution in [0.4, 0.5) is 0 Å². The molecule has 1 amide bonds. The van der Waals surface area contributed by atoms with Crippen LogP contribution in [0.1, 0.15) is 12.5 Å². The molecule has 0 spiro atoms. The Morgan fingerprint density at radius 1 is 1.04 bits per heavy atom. The molecule has 0 saturated heterocycles. The molecule has 0 saturated carbocycles. The lowest BCUT2D eigenvalue weighted by atomic mass is 9.96. The van der Waals surface area contributed by atoms with E-state index in [0.29, 0.717) is 16.5 Å². The van der Waals surface area contributed by atoms with Crippen molar-refractivity contribution in [3.8, 4) is 11.1 Å². The number of carbonyl (C=O) groups is 1. The van der Waals surface area contributed by atoms with Gasteiger partial charge in [0.2, 0.25) is 5.91 Å². The lowest BCUT2D eigenvalue weighted by Crippen LogP contribution is -2.49. The minimum atomic E-state index is -1.10. The molecule has 3 N–H and O–H groups in total. The molecule has 0 aromatic heterocycles. The van der Waals surface area contributed by atoms with E-state index in [4.69, 9.17) is 34.8 Å². The van der Waals surface area contributed by atoms with Crippen LogP contribution < -0.4 is 5.32 Å². The van der Waals surface area contributed by atoms with Gasteiger partial charge >= 0.3 is 0 Å². The zero-order valence-corrected chi connectivity index (χ0v) is 16.4. The van der Waals surface area contributed by atoms with E-state index < -0.39 is 24.2 Å². The highest BCUT2D eigenvalue weighted by Gasteiger charge is 2.25. The number of aliphatic hydroxyl groups is 2. The third-order valence-corrected chi connectivity index (χ3v) is 4.66. The summed E-state index contributed by atoms with van der Waals surface area (Å²) in [5, 5.41) is 23.5. The smallest absolute Gasteiger partial charge is 0.235 e. The number of amides is 1. The highest BCUT2D eigenvalue weighted by molar-refractivity contribution is 6.35. The second kappa shape index (κ2) is 9.58. The first-order chi connectivity index (χ1) is 12.3. The first-order valence-electron chi connectivity index (χ1n) is 8.07. The van der Waals surface area contributed by atoms with Crippen LogP contribution in [-0.2, 0) is 11.2 Å². The Kier molecular flexibility index (Phi) is 7.74. The van der Waals surface area contributed by atoms with Gasteiger partial charge in [-0.15, -0.1) is 11.6 Å². The monoisotopic (exact) mass is 415 g/mol. The summed E-state index contributed by atoms with van der Waals surface area (Å²) in [6.45, 7) is 1.47. The molecule has 0 heterocycles. The van der Waals surface area contributed by atoms with Crippen molar-refractivity contribution in [3.05, 3.63) is 58.1 Å². The van der Waals surface area contributed by atoms with Crippen molar-refractivity contribution in [2.45, 2.75) is 31.6 Å². The summed E-state index contributed by atoms with van der Waals surface area (Å²) in [6, 6.07) is 12.3. The van der Waals surface area contributed by atoms with E-state index in [9.17, 15) is 15.0 Å². The highest BCUT2D eigenvalue weighted by Crippen LogP contribution is 2.27. The summed E-state index contributed by atoms with van der Waals surface area (Å²) >= 11 is 17.6. The Morgan fingerprint density at radius 3 is 2.12 bits per heavy atom. The standard InChI is InChI=1S/C19H20Cl3NO3/c1-11(24)19(26)17(23-18(25)10-20)6-12-2-4-13(5-3-12)14-7-15(21)9-16(22)8-14/h2-5,7-9,11,17,19,24,26H,6,10H2,1H3,(H,23,25). The molecule has 0 bridgehead atoms. The van der Waals surface area contributed by atoms with E-state index in [-0.39, 0.29) is 5.88 Å². The van der Waals surface area contributed by atoms with Crippen molar-refractivity contribution in [2.75, 3.05) is 5.88 Å². The third-order valence-electron chi connectivity index (χ3n) is 3.98. The fraction of sp³-hybridized carbons (Fsp3) is 0.316. The maximum atomic E-state index is 11.6. The molecule has 2 rings (SSSR count). The van der Waals surface area contributed by atoms with Crippen LogP contribution >= 0.6 is 34.8 Å². The fourth-order valence-electron chi connectivity index (χ4n) is 2.65. The molecular weight excluding hydrogens is 397 g/mol. The number of benzene rings is 2. The zero-order valence-electron chi connectivity index (χ0n) is 14.1. The number of hydrogen-bond donors (Lipinski definition) is 3. The predicted octanol–water partition coefficient (Wildman–Crippen LogP) is 3.67. The Bertz CT molecular complexity index is 730. The number of carbonyl (C=O) groups excluding carboxylic acids is 1. The average Bonchev–Trinajstić information content (AvgIpc) is 2.60. The summed E-state index contributed by atoms with van der Waals surface area (Å²) in [5.41, 5.74) is 2.72. The Balaban J connectivity index is 2.18. The Labute approximate surface area is 167 Å². The minimum absolute atomic E-state index is 0.211. The van der Waals surface area contributed by atoms with Crippen molar-refractivity contribution in [3.63, 3.8) is 0 Å². The number of alkyl halides is 1. The maximum Gasteiger partial charge on any atom is 0.235 e. The molecule has 140 valence electrons. The predicted molar refractivity (Wildman–Crippen MR) is 106 cm³/mol. The van der Waals surface area contributed by atoms with Crippen molar-refractivity contribution >= 4 is 40.7 Å². The second-order valence-corrected chi connectivity index (χ2v) is 7.24. The van der Waals surface area contributed by atoms with Gasteiger partial charge in [0.1, 0.15) is 12.0 Å². The summed E-state index contributed by atoms with van der Waals surface area (Å²) in [7, 11) is 0. The van der Waals surface area contributed by atoms with Crippen LogP contribution in [-0.4, -0.2) is 40.3 Å². The van der Waals surface area contributed by atoms with E-state index >= 15 is 0 Å². The number of aliphatic hydroxyl groups excluding tert-OH is 2. The molecule has 3 atom stereocenters. The van der Waals surface area contributed by atoms with Crippen LogP contribution in [0.2, 0.25) is 10.0 Å². The van der Waals surface area contributed by atoms with Crippen LogP contribution in [0, 0.1) is 0 Å². The number of rotatable bonds is 7. The van der Waals surface area contributed by atoms with Crippen LogP contribution in [0.25, 0.3) is 11.1 Å². The van der Waals surface area contributed by atoms with Gasteiger partial charge in [0, 0.05) is 10.0 Å². The molecule has 7 heteroatoms. The van der Waals surface area contributed by atoms with Gasteiger partial charge in [-0.1, -0.05) is 47.5 Å². The largest absolute Gasteiger partial charge is 0.391 e. The molecule has 4 nitrogen and oxygen atoms in total. The third kappa shape index (κ3) is 5.86. The lowest BCUT2D eigenvalue weighted by Gasteiger charge is -2.26. The van der Waals surface area contributed by atoms with E-state index in [1.807, 2.05) is 36.4 Å². The van der Waals surface area contributed by atoms with E-state index in [1.54, 1.807) is 6.07 Å². The molecule has 0 aliphatic carbocycles. The number of nitrogens with one attached hydrogen (secondary N) is 1. The first kappa shape index (κ1) is 21.0. The number of hydrogen-bond acceptors (Lipinski definition) is 3. The minimum Gasteiger partial charge on any atom is -0.391 e. The number of halogens is 3. The van der Waals surface area contributed by atoms with Crippen molar-refractivity contribution in [1.29, 1.82) is 0 Å². The molecule has 2 aromatic carbocycles. The van der Waals surface area contributed by atoms with Gasteiger partial charge in [0.05, 0.1) is 12.1 Å². The van der Waals surface area contributed by atoms with Crippen molar-refractivity contribution < 1.29 is 15.0 Å². The average molecular weight is 417 g/mol. The topological polar surface area (TPSA) is 69.6 Å². The lowest BCUT2D eigenvalue weighted by molar-refractivity contribution is -0.120. The Morgan fingerprint density at radius 2 is 1.62 bits per heavy atom. The van der Waals surface area contributed by atoms with E-state index in [0.717, 1.165) is 16.7 Å². The van der Waals surface area contributed by atoms with Gasteiger partial charge in [-0.05, 0) is 48.2 Å². The maximum absolute atomic E-state index is 11.6. The van der Waals surface area contributed by atoms with E-state index in [1.165, 1.54) is 6.92 Å². The second-order valence-electron chi connectivity index (χ2n) is 6.10. The Hall–Kier alpha value is -1.30. The molecule has 0 fully saturated rings. The van der Waals surface area contributed by atoms with Gasteiger partial charge in [-0.3, -0.25) is 4.79 Å². The van der Waals surface area contributed by atoms with Gasteiger partial charge in [-0.2, -0.15) is 0 Å². The SMILES string of the molecule is CC(O)C(O)C(Cc1ccc(-c2cc(Cl)cc(Cl)c2)cc1)NC(=O)CCl. The van der Waals surface area contributed by atoms with Gasteiger partial charge in [0.25, 0.3) is 0 Å². The van der Waals surface area contributed by atoms with Gasteiger partial charge in [-0.25, -0.2) is 0 Å². The normalized spacial score (nSPS) is 14.5. The van der Waals surface area contributed by atoms with Crippen molar-refractivity contribution in [1.82, 2.24) is 5.32 Å². The fourth-order valence-corrected chi connectivity index (χ4v) is 3.25. The van der Waals surface area contributed by atoms with E-state index in [2.05, 4.69) is 5.32 Å². The summed E-state index contributed by atoms with van der Waals surface area (Å²) in [4.78, 5) is 11.6. The van der Waals surface area contributed by atoms with Gasteiger partial charge < -0.3 is 15.5 Å². The molecule has 3 unspecified atom stereocenters. The molecular formula is C19H20Cl3NO3.